The first-order valence-corrected chi connectivity index (χ1v) is 8.09. The summed E-state index contributed by atoms with van der Waals surface area (Å²) in [5, 5.41) is 5.93. The molecule has 1 heterocycles. The molecule has 1 aromatic carbocycles. The molecule has 5 heteroatoms. The first-order chi connectivity index (χ1) is 11.1. The molecule has 2 amide bonds. The van der Waals surface area contributed by atoms with Gasteiger partial charge in [-0.05, 0) is 43.4 Å². The Bertz CT molecular complexity index is 656. The quantitative estimate of drug-likeness (QED) is 0.896. The Morgan fingerprint density at radius 3 is 3.04 bits per heavy atom. The Morgan fingerprint density at radius 1 is 1.35 bits per heavy atom. The van der Waals surface area contributed by atoms with Gasteiger partial charge in [-0.2, -0.15) is 0 Å². The van der Waals surface area contributed by atoms with Crippen LogP contribution in [-0.4, -0.2) is 18.4 Å². The van der Waals surface area contributed by atoms with Crippen molar-refractivity contribution in [3.63, 3.8) is 0 Å². The van der Waals surface area contributed by atoms with E-state index in [1.807, 2.05) is 0 Å². The predicted octanol–water partition coefficient (Wildman–Crippen LogP) is 2.45. The van der Waals surface area contributed by atoms with Gasteiger partial charge in [0.1, 0.15) is 5.82 Å². The molecule has 1 aromatic rings. The molecule has 0 spiro atoms. The molecule has 1 aliphatic carbocycles. The van der Waals surface area contributed by atoms with Crippen LogP contribution in [0.4, 0.5) is 4.39 Å². The Morgan fingerprint density at radius 2 is 2.22 bits per heavy atom. The maximum atomic E-state index is 13.2. The molecule has 0 radical (unpaired) electrons. The lowest BCUT2D eigenvalue weighted by Crippen LogP contribution is -2.48. The minimum Gasteiger partial charge on any atom is -0.355 e. The van der Waals surface area contributed by atoms with E-state index in [2.05, 4.69) is 16.7 Å². The van der Waals surface area contributed by atoms with E-state index >= 15 is 0 Å². The fourth-order valence-electron chi connectivity index (χ4n) is 3.48. The number of hydrogen-bond acceptors (Lipinski definition) is 2. The summed E-state index contributed by atoms with van der Waals surface area (Å²) < 4.78 is 13.2. The van der Waals surface area contributed by atoms with Gasteiger partial charge in [-0.25, -0.2) is 4.39 Å². The van der Waals surface area contributed by atoms with Crippen LogP contribution in [0.1, 0.15) is 37.7 Å². The van der Waals surface area contributed by atoms with Crippen molar-refractivity contribution in [1.82, 2.24) is 10.6 Å². The van der Waals surface area contributed by atoms with Crippen LogP contribution in [0.25, 0.3) is 0 Å². The minimum absolute atomic E-state index is 0.0554. The molecule has 1 saturated heterocycles. The molecule has 1 aliphatic heterocycles. The van der Waals surface area contributed by atoms with Crippen LogP contribution < -0.4 is 10.6 Å². The highest BCUT2D eigenvalue weighted by Gasteiger charge is 2.40. The molecular formula is C18H21FN2O2. The van der Waals surface area contributed by atoms with Crippen molar-refractivity contribution in [2.75, 3.05) is 6.54 Å². The second-order valence-electron chi connectivity index (χ2n) is 6.42. The van der Waals surface area contributed by atoms with Crippen molar-refractivity contribution in [3.8, 4) is 0 Å². The Labute approximate surface area is 135 Å². The predicted molar refractivity (Wildman–Crippen MR) is 84.9 cm³/mol. The van der Waals surface area contributed by atoms with Crippen LogP contribution in [-0.2, 0) is 16.0 Å². The van der Waals surface area contributed by atoms with Gasteiger partial charge in [-0.15, -0.1) is 0 Å². The van der Waals surface area contributed by atoms with Gasteiger partial charge in [-0.3, -0.25) is 9.59 Å². The zero-order chi connectivity index (χ0) is 16.3. The molecule has 4 nitrogen and oxygen atoms in total. The van der Waals surface area contributed by atoms with E-state index in [1.165, 1.54) is 12.1 Å². The molecule has 1 unspecified atom stereocenters. The number of halogens is 1. The van der Waals surface area contributed by atoms with Crippen molar-refractivity contribution < 1.29 is 14.0 Å². The van der Waals surface area contributed by atoms with E-state index in [0.29, 0.717) is 18.5 Å². The van der Waals surface area contributed by atoms with Gasteiger partial charge >= 0.3 is 0 Å². The molecule has 1 atom stereocenters. The molecule has 0 saturated carbocycles. The molecule has 2 N–H and O–H groups in total. The summed E-state index contributed by atoms with van der Waals surface area (Å²) in [5.41, 5.74) is 1.48. The fourth-order valence-corrected chi connectivity index (χ4v) is 3.48. The van der Waals surface area contributed by atoms with Crippen LogP contribution >= 0.6 is 0 Å². The van der Waals surface area contributed by atoms with Crippen molar-refractivity contribution in [1.29, 1.82) is 0 Å². The number of benzene rings is 1. The first-order valence-electron chi connectivity index (χ1n) is 8.09. The number of carbonyl (C=O) groups excluding carboxylic acids is 2. The summed E-state index contributed by atoms with van der Waals surface area (Å²) in [5.74, 6) is -0.395. The number of piperidine rings is 1. The normalized spacial score (nSPS) is 23.5. The molecule has 0 aromatic heterocycles. The number of hydrogen-bond donors (Lipinski definition) is 2. The zero-order valence-corrected chi connectivity index (χ0v) is 13.0. The van der Waals surface area contributed by atoms with Crippen molar-refractivity contribution in [3.05, 3.63) is 47.4 Å². The van der Waals surface area contributed by atoms with Crippen LogP contribution in [0.3, 0.4) is 0 Å². The highest BCUT2D eigenvalue weighted by molar-refractivity contribution is 5.80. The van der Waals surface area contributed by atoms with E-state index in [-0.39, 0.29) is 29.5 Å². The fraction of sp³-hybridized carbons (Fsp3) is 0.444. The van der Waals surface area contributed by atoms with Crippen molar-refractivity contribution >= 4 is 11.8 Å². The Balaban J connectivity index is 1.62. The lowest BCUT2D eigenvalue weighted by Gasteiger charge is -2.42. The summed E-state index contributed by atoms with van der Waals surface area (Å²) in [4.78, 5) is 23.8. The van der Waals surface area contributed by atoms with Crippen molar-refractivity contribution in [2.24, 2.45) is 5.41 Å². The number of amides is 2. The van der Waals surface area contributed by atoms with Crippen LogP contribution in [0.2, 0.25) is 0 Å². The van der Waals surface area contributed by atoms with Crippen LogP contribution in [0.15, 0.2) is 36.0 Å². The number of allylic oxidation sites excluding steroid dienone is 1. The Kier molecular flexibility index (Phi) is 4.46. The number of rotatable bonds is 4. The number of nitrogens with one attached hydrogen (secondary N) is 2. The third-order valence-corrected chi connectivity index (χ3v) is 4.76. The lowest BCUT2D eigenvalue weighted by atomic mass is 9.70. The molecule has 2 aliphatic rings. The molecule has 23 heavy (non-hydrogen) atoms. The van der Waals surface area contributed by atoms with E-state index in [4.69, 9.17) is 0 Å². The lowest BCUT2D eigenvalue weighted by molar-refractivity contribution is -0.123. The average molecular weight is 316 g/mol. The molecule has 1 fully saturated rings. The highest BCUT2D eigenvalue weighted by Crippen LogP contribution is 2.42. The third-order valence-electron chi connectivity index (χ3n) is 4.76. The molecule has 0 bridgehead atoms. The standard InChI is InChI=1S/C18H21FN2O2/c19-14-5-3-4-13(10-14)11-17(23)20-12-18-8-2-1-6-15(18)21-16(22)7-9-18/h3-6,10H,1-2,7-9,11-12H2,(H,20,23)(H,21,22). The second-order valence-corrected chi connectivity index (χ2v) is 6.42. The maximum absolute atomic E-state index is 13.2. The van der Waals surface area contributed by atoms with E-state index in [0.717, 1.165) is 31.4 Å². The van der Waals surface area contributed by atoms with E-state index in [1.54, 1.807) is 12.1 Å². The van der Waals surface area contributed by atoms with Gasteiger partial charge in [-0.1, -0.05) is 18.2 Å². The maximum Gasteiger partial charge on any atom is 0.224 e. The third kappa shape index (κ3) is 3.60. The Hall–Kier alpha value is -2.17. The summed E-state index contributed by atoms with van der Waals surface area (Å²) in [6.07, 6.45) is 6.52. The van der Waals surface area contributed by atoms with E-state index in [9.17, 15) is 14.0 Å². The van der Waals surface area contributed by atoms with Gasteiger partial charge in [0.25, 0.3) is 0 Å². The van der Waals surface area contributed by atoms with Gasteiger partial charge in [0, 0.05) is 24.1 Å². The largest absolute Gasteiger partial charge is 0.355 e. The average Bonchev–Trinajstić information content (AvgIpc) is 2.53. The monoisotopic (exact) mass is 316 g/mol. The van der Waals surface area contributed by atoms with Gasteiger partial charge in [0.2, 0.25) is 11.8 Å². The summed E-state index contributed by atoms with van der Waals surface area (Å²) in [7, 11) is 0. The number of fused-ring (bicyclic) bond motifs is 1. The van der Waals surface area contributed by atoms with Crippen LogP contribution in [0, 0.1) is 11.2 Å². The zero-order valence-electron chi connectivity index (χ0n) is 13.0. The molecule has 3 rings (SSSR count). The first kappa shape index (κ1) is 15.7. The van der Waals surface area contributed by atoms with E-state index < -0.39 is 0 Å². The minimum atomic E-state index is -0.332. The number of carbonyl (C=O) groups is 2. The molecular weight excluding hydrogens is 295 g/mol. The second kappa shape index (κ2) is 6.52. The van der Waals surface area contributed by atoms with Gasteiger partial charge in [0.15, 0.2) is 0 Å². The topological polar surface area (TPSA) is 58.2 Å². The summed E-state index contributed by atoms with van der Waals surface area (Å²) in [6.45, 7) is 0.521. The summed E-state index contributed by atoms with van der Waals surface area (Å²) >= 11 is 0. The SMILES string of the molecule is O=C(Cc1cccc(F)c1)NCC12CCCC=C1NC(=O)CC2. The van der Waals surface area contributed by atoms with Crippen LogP contribution in [0.5, 0.6) is 0 Å². The van der Waals surface area contributed by atoms with Gasteiger partial charge < -0.3 is 10.6 Å². The summed E-state index contributed by atoms with van der Waals surface area (Å²) in [6, 6.07) is 6.10. The molecule has 122 valence electrons. The smallest absolute Gasteiger partial charge is 0.224 e. The highest BCUT2D eigenvalue weighted by atomic mass is 19.1. The van der Waals surface area contributed by atoms with Gasteiger partial charge in [0.05, 0.1) is 6.42 Å². The van der Waals surface area contributed by atoms with Crippen molar-refractivity contribution in [2.45, 2.75) is 38.5 Å².